The Bertz CT molecular complexity index is 627. The summed E-state index contributed by atoms with van der Waals surface area (Å²) in [7, 11) is -0.326. The summed E-state index contributed by atoms with van der Waals surface area (Å²) in [5, 5.41) is 9.37. The number of nitrogens with zero attached hydrogens (tertiary/aromatic N) is 1. The van der Waals surface area contributed by atoms with Gasteiger partial charge in [-0.25, -0.2) is 4.31 Å². The van der Waals surface area contributed by atoms with Crippen molar-refractivity contribution in [3.05, 3.63) is 29.8 Å². The summed E-state index contributed by atoms with van der Waals surface area (Å²) in [6, 6.07) is 9.05. The van der Waals surface area contributed by atoms with E-state index < -0.39 is 0 Å². The lowest BCUT2D eigenvalue weighted by Crippen LogP contribution is -2.41. The quantitative estimate of drug-likeness (QED) is 0.451. The van der Waals surface area contributed by atoms with E-state index >= 15 is 0 Å². The van der Waals surface area contributed by atoms with Crippen LogP contribution in [-0.4, -0.2) is 45.6 Å². The van der Waals surface area contributed by atoms with E-state index in [0.29, 0.717) is 6.04 Å². The van der Waals surface area contributed by atoms with E-state index in [-0.39, 0.29) is 29.7 Å². The predicted molar refractivity (Wildman–Crippen MR) is 126 cm³/mol. The van der Waals surface area contributed by atoms with Gasteiger partial charge in [-0.2, -0.15) is 0 Å². The van der Waals surface area contributed by atoms with Crippen molar-refractivity contribution in [1.82, 2.24) is 4.31 Å². The van der Waals surface area contributed by atoms with Gasteiger partial charge >= 0.3 is 7.12 Å². The molecule has 0 bridgehead atoms. The standard InChI is InChI=1S/C23H40BNO3S/c1-9-11-20(25(16-10-17-26)29-21(2,3)4)18-12-14-19(15-13-18)24-27-22(5,6)23(7,8)28-24/h12-15,20,26H,9-11,16-17H2,1-8H3. The lowest BCUT2D eigenvalue weighted by molar-refractivity contribution is 0.00578. The van der Waals surface area contributed by atoms with Gasteiger partial charge in [-0.05, 0) is 72.3 Å². The molecule has 164 valence electrons. The van der Waals surface area contributed by atoms with Crippen LogP contribution in [0.1, 0.15) is 86.3 Å². The van der Waals surface area contributed by atoms with Crippen LogP contribution in [0.4, 0.5) is 0 Å². The monoisotopic (exact) mass is 421 g/mol. The number of aliphatic hydroxyl groups excluding tert-OH is 1. The Balaban J connectivity index is 2.22. The van der Waals surface area contributed by atoms with Gasteiger partial charge in [-0.15, -0.1) is 0 Å². The van der Waals surface area contributed by atoms with Gasteiger partial charge in [-0.1, -0.05) is 49.6 Å². The van der Waals surface area contributed by atoms with Gasteiger partial charge in [0.05, 0.1) is 11.2 Å². The molecule has 1 fully saturated rings. The molecule has 1 N–H and O–H groups in total. The van der Waals surface area contributed by atoms with Crippen LogP contribution in [0.3, 0.4) is 0 Å². The van der Waals surface area contributed by atoms with Crippen LogP contribution in [0.5, 0.6) is 0 Å². The molecule has 4 nitrogen and oxygen atoms in total. The lowest BCUT2D eigenvalue weighted by Gasteiger charge is -2.35. The van der Waals surface area contributed by atoms with E-state index in [1.807, 2.05) is 11.9 Å². The molecule has 0 aromatic heterocycles. The van der Waals surface area contributed by atoms with Gasteiger partial charge in [0.15, 0.2) is 0 Å². The van der Waals surface area contributed by atoms with Crippen molar-refractivity contribution in [2.45, 2.75) is 96.6 Å². The summed E-state index contributed by atoms with van der Waals surface area (Å²) in [5.41, 5.74) is 1.71. The van der Waals surface area contributed by atoms with Crippen LogP contribution in [0.15, 0.2) is 24.3 Å². The summed E-state index contributed by atoms with van der Waals surface area (Å²) in [4.78, 5) is 0. The zero-order valence-electron chi connectivity index (χ0n) is 19.6. The van der Waals surface area contributed by atoms with Gasteiger partial charge in [0, 0.05) is 23.9 Å². The van der Waals surface area contributed by atoms with Gasteiger partial charge in [-0.3, -0.25) is 0 Å². The zero-order chi connectivity index (χ0) is 21.9. The average Bonchev–Trinajstić information content (AvgIpc) is 2.83. The van der Waals surface area contributed by atoms with E-state index in [2.05, 4.69) is 84.0 Å². The molecule has 0 amide bonds. The molecular formula is C23H40BNO3S. The molecule has 1 unspecified atom stereocenters. The Morgan fingerprint density at radius 3 is 2.07 bits per heavy atom. The Labute approximate surface area is 183 Å². The van der Waals surface area contributed by atoms with Crippen LogP contribution < -0.4 is 5.46 Å². The topological polar surface area (TPSA) is 41.9 Å². The summed E-state index contributed by atoms with van der Waals surface area (Å²) in [5.74, 6) is 0. The molecule has 6 heteroatoms. The van der Waals surface area contributed by atoms with Crippen LogP contribution in [-0.2, 0) is 9.31 Å². The van der Waals surface area contributed by atoms with Crippen molar-refractivity contribution < 1.29 is 14.4 Å². The van der Waals surface area contributed by atoms with E-state index in [4.69, 9.17) is 9.31 Å². The molecule has 0 spiro atoms. The summed E-state index contributed by atoms with van der Waals surface area (Å²) < 4.78 is 15.0. The van der Waals surface area contributed by atoms with Crippen LogP contribution in [0.25, 0.3) is 0 Å². The highest BCUT2D eigenvalue weighted by Crippen LogP contribution is 2.38. The SMILES string of the molecule is CCCC(c1ccc(B2OC(C)(C)C(C)(C)O2)cc1)N(CCCO)SC(C)(C)C. The molecule has 1 aliphatic rings. The number of hydrogen-bond donors (Lipinski definition) is 1. The van der Waals surface area contributed by atoms with Crippen LogP contribution in [0.2, 0.25) is 0 Å². The fourth-order valence-corrected chi connectivity index (χ4v) is 4.73. The Hall–Kier alpha value is -0.525. The van der Waals surface area contributed by atoms with Gasteiger partial charge < -0.3 is 14.4 Å². The third-order valence-corrected chi connectivity index (χ3v) is 6.90. The molecule has 1 aromatic carbocycles. The number of rotatable bonds is 9. The van der Waals surface area contributed by atoms with Crippen molar-refractivity contribution in [3.63, 3.8) is 0 Å². The molecule has 0 saturated carbocycles. The van der Waals surface area contributed by atoms with Gasteiger partial charge in [0.1, 0.15) is 0 Å². The smallest absolute Gasteiger partial charge is 0.399 e. The molecule has 1 heterocycles. The highest BCUT2D eigenvalue weighted by atomic mass is 32.2. The maximum atomic E-state index is 9.37. The maximum Gasteiger partial charge on any atom is 0.494 e. The Morgan fingerprint density at radius 1 is 1.07 bits per heavy atom. The molecule has 2 rings (SSSR count). The first kappa shape index (κ1) is 24.7. The minimum absolute atomic E-state index is 0.129. The van der Waals surface area contributed by atoms with Gasteiger partial charge in [0.25, 0.3) is 0 Å². The van der Waals surface area contributed by atoms with Crippen molar-refractivity contribution >= 4 is 24.5 Å². The molecule has 0 aliphatic carbocycles. The van der Waals surface area contributed by atoms with E-state index in [1.54, 1.807) is 0 Å². The minimum Gasteiger partial charge on any atom is -0.399 e. The Morgan fingerprint density at radius 2 is 1.62 bits per heavy atom. The van der Waals surface area contributed by atoms with E-state index in [9.17, 15) is 5.11 Å². The largest absolute Gasteiger partial charge is 0.494 e. The summed E-state index contributed by atoms with van der Waals surface area (Å²) in [6.07, 6.45) is 2.99. The van der Waals surface area contributed by atoms with Crippen LogP contribution >= 0.6 is 11.9 Å². The highest BCUT2D eigenvalue weighted by molar-refractivity contribution is 7.98. The number of hydrogen-bond acceptors (Lipinski definition) is 5. The van der Waals surface area contributed by atoms with Crippen molar-refractivity contribution in [2.75, 3.05) is 13.2 Å². The predicted octanol–water partition coefficient (Wildman–Crippen LogP) is 4.96. The van der Waals surface area contributed by atoms with E-state index in [1.165, 1.54) is 5.56 Å². The first-order chi connectivity index (χ1) is 13.4. The molecule has 1 atom stereocenters. The molecule has 1 aliphatic heterocycles. The molecular weight excluding hydrogens is 381 g/mol. The number of aliphatic hydroxyl groups is 1. The first-order valence-electron chi connectivity index (χ1n) is 10.9. The van der Waals surface area contributed by atoms with Gasteiger partial charge in [0.2, 0.25) is 0 Å². The molecule has 29 heavy (non-hydrogen) atoms. The Kier molecular flexibility index (Phi) is 8.31. The normalized spacial score (nSPS) is 19.7. The minimum atomic E-state index is -0.328. The highest BCUT2D eigenvalue weighted by Gasteiger charge is 2.51. The van der Waals surface area contributed by atoms with Crippen LogP contribution in [0, 0.1) is 0 Å². The maximum absolute atomic E-state index is 9.37. The average molecular weight is 421 g/mol. The van der Waals surface area contributed by atoms with Crippen molar-refractivity contribution in [2.24, 2.45) is 0 Å². The second-order valence-corrected chi connectivity index (χ2v) is 11.9. The molecule has 0 radical (unpaired) electrons. The third-order valence-electron chi connectivity index (χ3n) is 5.68. The lowest BCUT2D eigenvalue weighted by atomic mass is 9.78. The first-order valence-corrected chi connectivity index (χ1v) is 11.7. The fraction of sp³-hybridized carbons (Fsp3) is 0.739. The second kappa shape index (κ2) is 9.74. The summed E-state index contributed by atoms with van der Waals surface area (Å²) >= 11 is 1.89. The second-order valence-electron chi connectivity index (χ2n) is 9.98. The number of benzene rings is 1. The third kappa shape index (κ3) is 6.48. The summed E-state index contributed by atoms with van der Waals surface area (Å²) in [6.45, 7) is 18.4. The fourth-order valence-electron chi connectivity index (χ4n) is 3.45. The van der Waals surface area contributed by atoms with Crippen molar-refractivity contribution in [3.8, 4) is 0 Å². The molecule has 1 aromatic rings. The zero-order valence-corrected chi connectivity index (χ0v) is 20.4. The van der Waals surface area contributed by atoms with E-state index in [0.717, 1.165) is 31.3 Å². The molecule has 1 saturated heterocycles. The van der Waals surface area contributed by atoms with Crippen molar-refractivity contribution in [1.29, 1.82) is 0 Å².